The normalized spacial score (nSPS) is 26.0. The van der Waals surface area contributed by atoms with Gasteiger partial charge in [0.2, 0.25) is 0 Å². The number of fused-ring (bicyclic) bond motifs is 2. The lowest BCUT2D eigenvalue weighted by Gasteiger charge is -2.20. The number of nitrogens with one attached hydrogen (secondary N) is 1. The number of halogens is 2. The lowest BCUT2D eigenvalue weighted by molar-refractivity contribution is -0.134. The van der Waals surface area contributed by atoms with Crippen LogP contribution < -0.4 is 0 Å². The monoisotopic (exact) mass is 483 g/mol. The Morgan fingerprint density at radius 2 is 1.95 bits per heavy atom. The van der Waals surface area contributed by atoms with Crippen molar-refractivity contribution in [3.63, 3.8) is 0 Å². The fraction of sp³-hybridized carbons (Fsp3) is 0.462. The molecule has 0 aromatic carbocycles. The van der Waals surface area contributed by atoms with E-state index in [1.807, 2.05) is 0 Å². The van der Waals surface area contributed by atoms with Gasteiger partial charge in [-0.3, -0.25) is 5.10 Å². The molecule has 2 aliphatic rings. The minimum Gasteiger partial charge on any atom is -0.478 e. The van der Waals surface area contributed by atoms with Crippen molar-refractivity contribution in [1.29, 1.82) is 0 Å². The Morgan fingerprint density at radius 3 is 2.32 bits per heavy atom. The molecule has 22 heavy (non-hydrogen) atoms. The third-order valence-electron chi connectivity index (χ3n) is 3.74. The van der Waals surface area contributed by atoms with E-state index in [2.05, 4.69) is 53.6 Å². The maximum Gasteiger partial charge on any atom is 0.328 e. The highest BCUT2D eigenvalue weighted by atomic mass is 127. The first-order valence-corrected chi connectivity index (χ1v) is 8.51. The number of carbonyl (C=O) groups is 2. The van der Waals surface area contributed by atoms with Crippen LogP contribution in [0.15, 0.2) is 16.8 Å². The number of piperidine rings is 1. The Labute approximate surface area is 149 Å². The topological polar surface area (TPSA) is 107 Å². The molecule has 0 saturated carbocycles. The Hall–Kier alpha value is -0.940. The van der Waals surface area contributed by atoms with Crippen LogP contribution in [-0.2, 0) is 9.59 Å². The minimum absolute atomic E-state index is 0.558. The van der Waals surface area contributed by atoms with Crippen LogP contribution in [0.2, 0.25) is 0 Å². The largest absolute Gasteiger partial charge is 0.478 e. The molecule has 9 heteroatoms. The summed E-state index contributed by atoms with van der Waals surface area (Å²) in [5, 5.41) is 23.0. The van der Waals surface area contributed by atoms with Crippen LogP contribution in [0.25, 0.3) is 0 Å². The molecule has 0 amide bonds. The van der Waals surface area contributed by atoms with Crippen molar-refractivity contribution in [3.8, 4) is 0 Å². The third-order valence-corrected chi connectivity index (χ3v) is 6.15. The van der Waals surface area contributed by atoms with Gasteiger partial charge >= 0.3 is 11.9 Å². The van der Waals surface area contributed by atoms with Crippen molar-refractivity contribution >= 4 is 50.5 Å². The van der Waals surface area contributed by atoms with Crippen molar-refractivity contribution in [1.82, 2.24) is 15.1 Å². The van der Waals surface area contributed by atoms with Gasteiger partial charge in [0.1, 0.15) is 4.60 Å². The highest BCUT2D eigenvalue weighted by Gasteiger charge is 2.40. The van der Waals surface area contributed by atoms with E-state index in [-0.39, 0.29) is 0 Å². The van der Waals surface area contributed by atoms with Crippen LogP contribution in [0.1, 0.15) is 18.0 Å². The maximum atomic E-state index is 9.55. The molecule has 3 atom stereocenters. The second-order valence-corrected chi connectivity index (χ2v) is 7.03. The summed E-state index contributed by atoms with van der Waals surface area (Å²) in [5.74, 6) is -1.00. The zero-order valence-corrected chi connectivity index (χ0v) is 15.2. The van der Waals surface area contributed by atoms with Gasteiger partial charge in [0, 0.05) is 31.2 Å². The second-order valence-electron chi connectivity index (χ2n) is 5.16. The van der Waals surface area contributed by atoms with Crippen LogP contribution >= 0.6 is 38.5 Å². The number of aromatic nitrogens is 2. The van der Waals surface area contributed by atoms with Crippen molar-refractivity contribution in [3.05, 3.63) is 26.0 Å². The average molecular weight is 484 g/mol. The van der Waals surface area contributed by atoms with E-state index in [0.717, 1.165) is 10.5 Å². The van der Waals surface area contributed by atoms with Crippen LogP contribution in [0.5, 0.6) is 0 Å². The number of hydrogen-bond acceptors (Lipinski definition) is 4. The number of aliphatic carboxylic acids is 2. The molecule has 120 valence electrons. The molecule has 3 rings (SSSR count). The molecule has 2 bridgehead atoms. The average Bonchev–Trinajstić information content (AvgIpc) is 3.15. The maximum absolute atomic E-state index is 9.55. The number of H-pyrrole nitrogens is 1. The van der Waals surface area contributed by atoms with E-state index in [9.17, 15) is 9.59 Å². The first kappa shape index (κ1) is 17.4. The molecule has 7 nitrogen and oxygen atoms in total. The predicted molar refractivity (Wildman–Crippen MR) is 90.7 cm³/mol. The van der Waals surface area contributed by atoms with Crippen LogP contribution in [0, 0.1) is 9.49 Å². The van der Waals surface area contributed by atoms with Gasteiger partial charge in [0.25, 0.3) is 0 Å². The molecular formula is C13H15BrIN3O4. The zero-order valence-electron chi connectivity index (χ0n) is 11.5. The molecule has 0 spiro atoms. The summed E-state index contributed by atoms with van der Waals surface area (Å²) in [5.41, 5.74) is 1.27. The fourth-order valence-corrected chi connectivity index (χ4v) is 3.73. The van der Waals surface area contributed by atoms with E-state index in [1.165, 1.54) is 35.3 Å². The third kappa shape index (κ3) is 4.29. The Bertz CT molecular complexity index is 588. The summed E-state index contributed by atoms with van der Waals surface area (Å²) in [6.07, 6.45) is 2.47. The van der Waals surface area contributed by atoms with Gasteiger partial charge in [-0.2, -0.15) is 5.10 Å². The number of nitrogens with zero attached hydrogens (tertiary/aromatic N) is 2. The number of aromatic amines is 1. The number of carboxylic acids is 2. The summed E-state index contributed by atoms with van der Waals surface area (Å²) in [6, 6.07) is 0. The fourth-order valence-electron chi connectivity index (χ4n) is 2.80. The van der Waals surface area contributed by atoms with Gasteiger partial charge in [-0.1, -0.05) is 0 Å². The molecule has 0 aliphatic carbocycles. The van der Waals surface area contributed by atoms with Crippen molar-refractivity contribution < 1.29 is 19.8 Å². The van der Waals surface area contributed by atoms with Crippen LogP contribution in [0.4, 0.5) is 0 Å². The molecule has 3 heterocycles. The molecule has 0 radical (unpaired) electrons. The number of rotatable bonds is 3. The van der Waals surface area contributed by atoms with Crippen LogP contribution in [-0.4, -0.2) is 56.9 Å². The van der Waals surface area contributed by atoms with Crippen molar-refractivity contribution in [2.45, 2.75) is 12.3 Å². The summed E-state index contributed by atoms with van der Waals surface area (Å²) >= 11 is 5.85. The van der Waals surface area contributed by atoms with E-state index in [0.29, 0.717) is 18.1 Å². The predicted octanol–water partition coefficient (Wildman–Crippen LogP) is 1.91. The molecular weight excluding hydrogens is 469 g/mol. The summed E-state index contributed by atoms with van der Waals surface area (Å²) < 4.78 is 2.30. The smallest absolute Gasteiger partial charge is 0.328 e. The summed E-state index contributed by atoms with van der Waals surface area (Å²) in [6.45, 7) is 3.78. The van der Waals surface area contributed by atoms with Crippen molar-refractivity contribution in [2.24, 2.45) is 5.92 Å². The second kappa shape index (κ2) is 7.55. The quantitative estimate of drug-likeness (QED) is 0.448. The number of hydrogen-bond donors (Lipinski definition) is 3. The highest BCUT2D eigenvalue weighted by molar-refractivity contribution is 14.1. The molecule has 2 aliphatic heterocycles. The van der Waals surface area contributed by atoms with Gasteiger partial charge < -0.3 is 15.1 Å². The standard InChI is InChI=1S/C9H11BrIN3.C4H4O4/c10-9-7(11)8(12-13-9)6-4-14-2-1-5(6)3-14;5-3(6)1-2-4(7)8/h5-6H,1-4H2,(H,12,13);1-2H,(H,5,6)(H,7,8). The van der Waals surface area contributed by atoms with Crippen molar-refractivity contribution in [2.75, 3.05) is 19.6 Å². The molecule has 3 N–H and O–H groups in total. The molecule has 2 saturated heterocycles. The lowest BCUT2D eigenvalue weighted by atomic mass is 9.90. The van der Waals surface area contributed by atoms with Gasteiger partial charge in [-0.05, 0) is 57.4 Å². The minimum atomic E-state index is -1.26. The summed E-state index contributed by atoms with van der Waals surface area (Å²) in [7, 11) is 0. The first-order chi connectivity index (χ1) is 10.4. The Morgan fingerprint density at radius 1 is 1.32 bits per heavy atom. The highest BCUT2D eigenvalue weighted by Crippen LogP contribution is 2.41. The Kier molecular flexibility index (Phi) is 5.98. The van der Waals surface area contributed by atoms with E-state index >= 15 is 0 Å². The van der Waals surface area contributed by atoms with Gasteiger partial charge in [0.15, 0.2) is 0 Å². The van der Waals surface area contributed by atoms with Crippen LogP contribution in [0.3, 0.4) is 0 Å². The van der Waals surface area contributed by atoms with Gasteiger partial charge in [0.05, 0.1) is 9.26 Å². The summed E-state index contributed by atoms with van der Waals surface area (Å²) in [4.78, 5) is 21.7. The first-order valence-electron chi connectivity index (χ1n) is 6.64. The van der Waals surface area contributed by atoms with E-state index in [1.54, 1.807) is 0 Å². The molecule has 1 aromatic rings. The zero-order chi connectivity index (χ0) is 16.3. The SMILES string of the molecule is Brc1[nH]nc(C2CN3CCC2C3)c1I.O=C(O)C=CC(=O)O. The lowest BCUT2D eigenvalue weighted by Crippen LogP contribution is -2.22. The van der Waals surface area contributed by atoms with E-state index in [4.69, 9.17) is 10.2 Å². The number of carboxylic acid groups (broad SMARTS) is 2. The Balaban J connectivity index is 0.000000192. The molecule has 3 unspecified atom stereocenters. The van der Waals surface area contributed by atoms with Gasteiger partial charge in [-0.15, -0.1) is 0 Å². The van der Waals surface area contributed by atoms with Gasteiger partial charge in [-0.25, -0.2) is 9.59 Å². The van der Waals surface area contributed by atoms with E-state index < -0.39 is 11.9 Å². The molecule has 2 fully saturated rings. The molecule has 1 aromatic heterocycles.